The number of phenolic OH excluding ortho intramolecular Hbond substituents is 1. The van der Waals surface area contributed by atoms with E-state index >= 15 is 0 Å². The summed E-state index contributed by atoms with van der Waals surface area (Å²) in [6, 6.07) is 4.96. The molecule has 0 bridgehead atoms. The molecular weight excluding hydrogens is 278 g/mol. The third-order valence-corrected chi connectivity index (χ3v) is 4.21. The predicted octanol–water partition coefficient (Wildman–Crippen LogP) is 2.06. The number of carbonyl (C=O) groups excluding carboxylic acids is 1. The first-order valence-corrected chi connectivity index (χ1v) is 7.70. The summed E-state index contributed by atoms with van der Waals surface area (Å²) in [5, 5.41) is 12.9. The van der Waals surface area contributed by atoms with E-state index in [2.05, 4.69) is 5.32 Å². The van der Waals surface area contributed by atoms with Gasteiger partial charge in [-0.05, 0) is 31.5 Å². The topological polar surface area (TPSA) is 67.8 Å². The number of hydrogen-bond donors (Lipinski definition) is 2. The van der Waals surface area contributed by atoms with Gasteiger partial charge in [0.2, 0.25) is 0 Å². The molecule has 20 heavy (non-hydrogen) atoms. The summed E-state index contributed by atoms with van der Waals surface area (Å²) in [6.45, 7) is 4.55. The smallest absolute Gasteiger partial charge is 0.324 e. The van der Waals surface area contributed by atoms with Crippen molar-refractivity contribution in [2.45, 2.75) is 25.3 Å². The van der Waals surface area contributed by atoms with Crippen LogP contribution in [0.3, 0.4) is 0 Å². The molecule has 0 amide bonds. The molecule has 0 spiro atoms. The fraction of sp³-hybridized carbons (Fsp3) is 0.500. The molecule has 5 nitrogen and oxygen atoms in total. The highest BCUT2D eigenvalue weighted by molar-refractivity contribution is 7.99. The van der Waals surface area contributed by atoms with Crippen LogP contribution < -0.4 is 10.1 Å². The van der Waals surface area contributed by atoms with E-state index in [0.717, 1.165) is 5.56 Å². The lowest BCUT2D eigenvalue weighted by Crippen LogP contribution is -2.35. The van der Waals surface area contributed by atoms with Crippen LogP contribution in [0.2, 0.25) is 0 Å². The molecule has 1 aliphatic heterocycles. The molecule has 6 heteroatoms. The van der Waals surface area contributed by atoms with E-state index in [1.165, 1.54) is 0 Å². The van der Waals surface area contributed by atoms with Gasteiger partial charge in [0.15, 0.2) is 11.5 Å². The maximum absolute atomic E-state index is 11.7. The van der Waals surface area contributed by atoms with Gasteiger partial charge >= 0.3 is 5.97 Å². The van der Waals surface area contributed by atoms with Gasteiger partial charge in [0, 0.05) is 5.75 Å². The van der Waals surface area contributed by atoms with Crippen molar-refractivity contribution in [3.8, 4) is 11.5 Å². The molecule has 1 saturated heterocycles. The Labute approximate surface area is 122 Å². The molecule has 1 aromatic rings. The Morgan fingerprint density at radius 3 is 2.95 bits per heavy atom. The first-order valence-electron chi connectivity index (χ1n) is 6.65. The van der Waals surface area contributed by atoms with Crippen molar-refractivity contribution >= 4 is 17.7 Å². The van der Waals surface area contributed by atoms with Gasteiger partial charge in [0.05, 0.1) is 18.6 Å². The van der Waals surface area contributed by atoms with Crippen molar-refractivity contribution < 1.29 is 19.4 Å². The second-order valence-electron chi connectivity index (χ2n) is 4.34. The standard InChI is InChI=1S/C14H19NO4S/c1-3-18-12-7-9(5-6-11(12)16)13-15-10(8-20-13)14(17)19-4-2/h5-7,10,13,15-16H,3-4,8H2,1-2H3. The van der Waals surface area contributed by atoms with Crippen LogP contribution in [0.15, 0.2) is 18.2 Å². The molecule has 2 N–H and O–H groups in total. The van der Waals surface area contributed by atoms with Crippen LogP contribution in [0.1, 0.15) is 24.8 Å². The zero-order valence-electron chi connectivity index (χ0n) is 11.6. The van der Waals surface area contributed by atoms with Crippen molar-refractivity contribution in [2.75, 3.05) is 19.0 Å². The normalized spacial score (nSPS) is 21.7. The molecule has 1 aromatic carbocycles. The molecule has 1 heterocycles. The molecule has 0 saturated carbocycles. The number of benzene rings is 1. The number of nitrogens with one attached hydrogen (secondary N) is 1. The third kappa shape index (κ3) is 3.37. The molecule has 0 aliphatic carbocycles. The summed E-state index contributed by atoms with van der Waals surface area (Å²) in [5.41, 5.74) is 0.975. The van der Waals surface area contributed by atoms with Gasteiger partial charge in [-0.3, -0.25) is 10.1 Å². The van der Waals surface area contributed by atoms with E-state index in [4.69, 9.17) is 9.47 Å². The van der Waals surface area contributed by atoms with E-state index in [9.17, 15) is 9.90 Å². The van der Waals surface area contributed by atoms with Crippen molar-refractivity contribution in [1.29, 1.82) is 0 Å². The van der Waals surface area contributed by atoms with Gasteiger partial charge in [-0.25, -0.2) is 0 Å². The number of thioether (sulfide) groups is 1. The monoisotopic (exact) mass is 297 g/mol. The van der Waals surface area contributed by atoms with E-state index in [1.54, 1.807) is 30.8 Å². The van der Waals surface area contributed by atoms with E-state index in [0.29, 0.717) is 24.7 Å². The maximum atomic E-state index is 11.7. The van der Waals surface area contributed by atoms with E-state index in [-0.39, 0.29) is 23.1 Å². The Morgan fingerprint density at radius 2 is 2.25 bits per heavy atom. The average molecular weight is 297 g/mol. The minimum atomic E-state index is -0.283. The second kappa shape index (κ2) is 6.85. The maximum Gasteiger partial charge on any atom is 0.324 e. The lowest BCUT2D eigenvalue weighted by Gasteiger charge is -2.14. The van der Waals surface area contributed by atoms with Crippen LogP contribution >= 0.6 is 11.8 Å². The van der Waals surface area contributed by atoms with Crippen LogP contribution in [0.25, 0.3) is 0 Å². The zero-order chi connectivity index (χ0) is 14.5. The van der Waals surface area contributed by atoms with Crippen LogP contribution in [0.4, 0.5) is 0 Å². The minimum absolute atomic E-state index is 0.00390. The average Bonchev–Trinajstić information content (AvgIpc) is 2.91. The molecule has 0 radical (unpaired) electrons. The number of phenols is 1. The quantitative estimate of drug-likeness (QED) is 0.811. The fourth-order valence-corrected chi connectivity index (χ4v) is 3.22. The predicted molar refractivity (Wildman–Crippen MR) is 78.0 cm³/mol. The lowest BCUT2D eigenvalue weighted by atomic mass is 10.2. The first-order chi connectivity index (χ1) is 9.65. The number of carbonyl (C=O) groups is 1. The Hall–Kier alpha value is -1.40. The highest BCUT2D eigenvalue weighted by Gasteiger charge is 2.31. The summed E-state index contributed by atoms with van der Waals surface area (Å²) in [4.78, 5) is 11.7. The Balaban J connectivity index is 2.06. The number of esters is 1. The molecule has 1 aliphatic rings. The third-order valence-electron chi connectivity index (χ3n) is 2.94. The van der Waals surface area contributed by atoms with Crippen molar-refractivity contribution in [1.82, 2.24) is 5.32 Å². The van der Waals surface area contributed by atoms with Crippen molar-refractivity contribution in [3.05, 3.63) is 23.8 Å². The number of aromatic hydroxyl groups is 1. The van der Waals surface area contributed by atoms with Gasteiger partial charge in [0.1, 0.15) is 6.04 Å². The Bertz CT molecular complexity index is 480. The molecule has 1 fully saturated rings. The minimum Gasteiger partial charge on any atom is -0.504 e. The van der Waals surface area contributed by atoms with Crippen molar-refractivity contribution in [3.63, 3.8) is 0 Å². The molecular formula is C14H19NO4S. The lowest BCUT2D eigenvalue weighted by molar-refractivity contribution is -0.144. The summed E-state index contributed by atoms with van der Waals surface area (Å²) >= 11 is 1.64. The molecule has 0 aromatic heterocycles. The fourth-order valence-electron chi connectivity index (χ4n) is 2.01. The first kappa shape index (κ1) is 15.0. The molecule has 2 rings (SSSR count). The van der Waals surface area contributed by atoms with E-state index < -0.39 is 0 Å². The van der Waals surface area contributed by atoms with Crippen LogP contribution in [0.5, 0.6) is 11.5 Å². The van der Waals surface area contributed by atoms with Crippen molar-refractivity contribution in [2.24, 2.45) is 0 Å². The Kier molecular flexibility index (Phi) is 5.14. The summed E-state index contributed by atoms with van der Waals surface area (Å²) in [7, 11) is 0. The second-order valence-corrected chi connectivity index (χ2v) is 5.48. The highest BCUT2D eigenvalue weighted by Crippen LogP contribution is 2.37. The van der Waals surface area contributed by atoms with Crippen LogP contribution in [-0.2, 0) is 9.53 Å². The Morgan fingerprint density at radius 1 is 1.45 bits per heavy atom. The van der Waals surface area contributed by atoms with Crippen LogP contribution in [-0.4, -0.2) is 36.1 Å². The summed E-state index contributed by atoms with van der Waals surface area (Å²) < 4.78 is 10.4. The van der Waals surface area contributed by atoms with Gasteiger partial charge in [-0.1, -0.05) is 6.07 Å². The number of ether oxygens (including phenoxy) is 2. The van der Waals surface area contributed by atoms with Gasteiger partial charge in [-0.2, -0.15) is 0 Å². The SMILES string of the molecule is CCOC(=O)C1CSC(c2ccc(O)c(OCC)c2)N1. The molecule has 2 unspecified atom stereocenters. The summed E-state index contributed by atoms with van der Waals surface area (Å²) in [6.07, 6.45) is 0. The van der Waals surface area contributed by atoms with E-state index in [1.807, 2.05) is 13.0 Å². The summed E-state index contributed by atoms with van der Waals surface area (Å²) in [5.74, 6) is 1.05. The van der Waals surface area contributed by atoms with Gasteiger partial charge < -0.3 is 14.6 Å². The molecule has 2 atom stereocenters. The highest BCUT2D eigenvalue weighted by atomic mass is 32.2. The molecule has 110 valence electrons. The zero-order valence-corrected chi connectivity index (χ0v) is 12.4. The van der Waals surface area contributed by atoms with Gasteiger partial charge in [0.25, 0.3) is 0 Å². The largest absolute Gasteiger partial charge is 0.504 e. The van der Waals surface area contributed by atoms with Gasteiger partial charge in [-0.15, -0.1) is 11.8 Å². The number of hydrogen-bond acceptors (Lipinski definition) is 6. The number of rotatable bonds is 5. The van der Waals surface area contributed by atoms with Crippen LogP contribution in [0, 0.1) is 0 Å².